The number of hydrogen-bond acceptors (Lipinski definition) is 4. The SMILES string of the molecule is CC1=CCC[C@@]2(C)[C@H](c3ccco3)OC(=O)[C@H]3O[C@]132. The predicted molar refractivity (Wildman–Crippen MR) is 66.2 cm³/mol. The van der Waals surface area contributed by atoms with Crippen LogP contribution in [0.3, 0.4) is 0 Å². The van der Waals surface area contributed by atoms with Gasteiger partial charge in [0.2, 0.25) is 0 Å². The fourth-order valence-electron chi connectivity index (χ4n) is 3.92. The molecule has 2 fully saturated rings. The van der Waals surface area contributed by atoms with Gasteiger partial charge in [0.05, 0.1) is 6.26 Å². The van der Waals surface area contributed by atoms with E-state index < -0.39 is 11.7 Å². The first-order chi connectivity index (χ1) is 9.09. The quantitative estimate of drug-likeness (QED) is 0.442. The third-order valence-corrected chi connectivity index (χ3v) is 4.99. The van der Waals surface area contributed by atoms with Crippen molar-refractivity contribution in [2.24, 2.45) is 5.41 Å². The fourth-order valence-corrected chi connectivity index (χ4v) is 3.92. The third-order valence-electron chi connectivity index (χ3n) is 4.99. The van der Waals surface area contributed by atoms with Crippen LogP contribution in [-0.4, -0.2) is 17.7 Å². The number of epoxide rings is 1. The van der Waals surface area contributed by atoms with E-state index in [0.29, 0.717) is 5.76 Å². The molecule has 1 aliphatic carbocycles. The topological polar surface area (TPSA) is 52.0 Å². The zero-order valence-electron chi connectivity index (χ0n) is 11.0. The van der Waals surface area contributed by atoms with Gasteiger partial charge >= 0.3 is 5.97 Å². The van der Waals surface area contributed by atoms with E-state index in [1.165, 1.54) is 0 Å². The van der Waals surface area contributed by atoms with E-state index in [1.54, 1.807) is 6.26 Å². The number of ether oxygens (including phenoxy) is 2. The van der Waals surface area contributed by atoms with Crippen LogP contribution in [-0.2, 0) is 14.3 Å². The Morgan fingerprint density at radius 2 is 2.21 bits per heavy atom. The first-order valence-corrected chi connectivity index (χ1v) is 6.68. The molecule has 0 bridgehead atoms. The summed E-state index contributed by atoms with van der Waals surface area (Å²) in [5.41, 5.74) is 0.430. The number of allylic oxidation sites excluding steroid dienone is 1. The van der Waals surface area contributed by atoms with Gasteiger partial charge in [-0.2, -0.15) is 0 Å². The van der Waals surface area contributed by atoms with Crippen LogP contribution in [0.1, 0.15) is 38.6 Å². The molecule has 0 amide bonds. The normalized spacial score (nSPS) is 43.9. The third kappa shape index (κ3) is 1.16. The van der Waals surface area contributed by atoms with Crippen LogP contribution in [0.25, 0.3) is 0 Å². The van der Waals surface area contributed by atoms with Crippen molar-refractivity contribution in [2.45, 2.75) is 44.5 Å². The van der Waals surface area contributed by atoms with Gasteiger partial charge in [-0.25, -0.2) is 4.79 Å². The minimum Gasteiger partial charge on any atom is -0.465 e. The highest BCUT2D eigenvalue weighted by atomic mass is 16.7. The molecule has 1 aromatic rings. The molecule has 100 valence electrons. The van der Waals surface area contributed by atoms with Gasteiger partial charge in [0.15, 0.2) is 12.2 Å². The smallest absolute Gasteiger partial charge is 0.339 e. The van der Waals surface area contributed by atoms with Crippen molar-refractivity contribution < 1.29 is 18.7 Å². The van der Waals surface area contributed by atoms with Crippen molar-refractivity contribution in [3.8, 4) is 0 Å². The molecule has 4 nitrogen and oxygen atoms in total. The number of furan rings is 1. The summed E-state index contributed by atoms with van der Waals surface area (Å²) >= 11 is 0. The molecule has 1 spiro atoms. The molecule has 4 rings (SSSR count). The van der Waals surface area contributed by atoms with Crippen LogP contribution in [0.5, 0.6) is 0 Å². The Labute approximate surface area is 111 Å². The molecular formula is C15H16O4. The lowest BCUT2D eigenvalue weighted by atomic mass is 9.60. The highest BCUT2D eigenvalue weighted by molar-refractivity contribution is 5.83. The molecular weight excluding hydrogens is 244 g/mol. The highest BCUT2D eigenvalue weighted by Crippen LogP contribution is 2.67. The highest BCUT2D eigenvalue weighted by Gasteiger charge is 2.78. The van der Waals surface area contributed by atoms with Gasteiger partial charge in [0.1, 0.15) is 11.4 Å². The zero-order chi connectivity index (χ0) is 13.3. The Hall–Kier alpha value is -1.55. The lowest BCUT2D eigenvalue weighted by molar-refractivity contribution is -0.168. The summed E-state index contributed by atoms with van der Waals surface area (Å²) in [6.07, 6.45) is 4.91. The lowest BCUT2D eigenvalue weighted by Gasteiger charge is -2.45. The van der Waals surface area contributed by atoms with Crippen molar-refractivity contribution in [1.29, 1.82) is 0 Å². The summed E-state index contributed by atoms with van der Waals surface area (Å²) in [7, 11) is 0. The molecule has 2 aliphatic heterocycles. The maximum absolute atomic E-state index is 12.1. The molecule has 3 heterocycles. The number of cyclic esters (lactones) is 1. The lowest BCUT2D eigenvalue weighted by Crippen LogP contribution is -2.51. The Balaban J connectivity index is 1.86. The van der Waals surface area contributed by atoms with E-state index >= 15 is 0 Å². The molecule has 3 aliphatic rings. The summed E-state index contributed by atoms with van der Waals surface area (Å²) in [6.45, 7) is 4.19. The summed E-state index contributed by atoms with van der Waals surface area (Å²) in [4.78, 5) is 12.1. The largest absolute Gasteiger partial charge is 0.465 e. The van der Waals surface area contributed by atoms with E-state index in [2.05, 4.69) is 19.9 Å². The van der Waals surface area contributed by atoms with Crippen molar-refractivity contribution in [3.05, 3.63) is 35.8 Å². The van der Waals surface area contributed by atoms with Gasteiger partial charge in [-0.15, -0.1) is 0 Å². The molecule has 2 saturated heterocycles. The second-order valence-electron chi connectivity index (χ2n) is 5.91. The van der Waals surface area contributed by atoms with Crippen LogP contribution in [0.15, 0.2) is 34.5 Å². The van der Waals surface area contributed by atoms with Crippen LogP contribution >= 0.6 is 0 Å². The van der Waals surface area contributed by atoms with Crippen molar-refractivity contribution in [3.63, 3.8) is 0 Å². The van der Waals surface area contributed by atoms with Gasteiger partial charge in [0.25, 0.3) is 0 Å². The maximum atomic E-state index is 12.1. The molecule has 1 aromatic heterocycles. The molecule has 0 aromatic carbocycles. The van der Waals surface area contributed by atoms with Gasteiger partial charge in [-0.3, -0.25) is 0 Å². The van der Waals surface area contributed by atoms with E-state index in [0.717, 1.165) is 18.4 Å². The van der Waals surface area contributed by atoms with Crippen LogP contribution in [0.2, 0.25) is 0 Å². The molecule has 0 N–H and O–H groups in total. The van der Waals surface area contributed by atoms with Crippen LogP contribution in [0.4, 0.5) is 0 Å². The fraction of sp³-hybridized carbons (Fsp3) is 0.533. The second kappa shape index (κ2) is 3.31. The van der Waals surface area contributed by atoms with Gasteiger partial charge in [0, 0.05) is 5.41 Å². The minimum absolute atomic E-state index is 0.248. The molecule has 19 heavy (non-hydrogen) atoms. The summed E-state index contributed by atoms with van der Waals surface area (Å²) < 4.78 is 16.9. The van der Waals surface area contributed by atoms with Crippen LogP contribution < -0.4 is 0 Å². The molecule has 0 radical (unpaired) electrons. The minimum atomic E-state index is -0.474. The second-order valence-corrected chi connectivity index (χ2v) is 5.91. The summed E-state index contributed by atoms with van der Waals surface area (Å²) in [6, 6.07) is 3.69. The number of carbonyl (C=O) groups excluding carboxylic acids is 1. The Morgan fingerprint density at radius 3 is 2.95 bits per heavy atom. The molecule has 0 saturated carbocycles. The first-order valence-electron chi connectivity index (χ1n) is 6.68. The number of esters is 1. The predicted octanol–water partition coefficient (Wildman–Crippen LogP) is 2.76. The number of carbonyl (C=O) groups is 1. The molecule has 4 heteroatoms. The van der Waals surface area contributed by atoms with E-state index in [-0.39, 0.29) is 17.5 Å². The van der Waals surface area contributed by atoms with Gasteiger partial charge in [-0.1, -0.05) is 13.0 Å². The summed E-state index contributed by atoms with van der Waals surface area (Å²) in [5.74, 6) is 0.437. The zero-order valence-corrected chi connectivity index (χ0v) is 11.0. The Kier molecular flexibility index (Phi) is 1.97. The van der Waals surface area contributed by atoms with Gasteiger partial charge < -0.3 is 13.9 Å². The Bertz CT molecular complexity index is 573. The van der Waals surface area contributed by atoms with Crippen molar-refractivity contribution in [2.75, 3.05) is 0 Å². The monoisotopic (exact) mass is 260 g/mol. The number of rotatable bonds is 1. The van der Waals surface area contributed by atoms with E-state index in [4.69, 9.17) is 13.9 Å². The maximum Gasteiger partial charge on any atom is 0.339 e. The molecule has 4 atom stereocenters. The number of hydrogen-bond donors (Lipinski definition) is 0. The average Bonchev–Trinajstić information content (AvgIpc) is 2.94. The standard InChI is InChI=1S/C15H16O4/c1-9-5-3-7-14(2)11(10-6-4-8-17-10)18-13(16)12-15(9,14)19-12/h4-6,8,11-12H,3,7H2,1-2H3/t11-,12+,14-,15+/m0/s1. The van der Waals surface area contributed by atoms with Gasteiger partial charge in [-0.05, 0) is 37.5 Å². The first kappa shape index (κ1) is 11.3. The Morgan fingerprint density at radius 1 is 1.37 bits per heavy atom. The average molecular weight is 260 g/mol. The summed E-state index contributed by atoms with van der Waals surface area (Å²) in [5, 5.41) is 0. The van der Waals surface area contributed by atoms with Crippen LogP contribution in [0, 0.1) is 5.41 Å². The van der Waals surface area contributed by atoms with Crippen molar-refractivity contribution in [1.82, 2.24) is 0 Å². The van der Waals surface area contributed by atoms with E-state index in [1.807, 2.05) is 12.1 Å². The van der Waals surface area contributed by atoms with E-state index in [9.17, 15) is 4.79 Å². The molecule has 0 unspecified atom stereocenters. The van der Waals surface area contributed by atoms with Crippen molar-refractivity contribution >= 4 is 5.97 Å².